The van der Waals surface area contributed by atoms with E-state index in [2.05, 4.69) is 0 Å². The molecule has 0 spiro atoms. The fraction of sp³-hybridized carbons (Fsp3) is 0.588. The Balaban J connectivity index is 1.74. The maximum Gasteiger partial charge on any atom is 0.127 e. The maximum absolute atomic E-state index is 10.0. The highest BCUT2D eigenvalue weighted by Gasteiger charge is 2.36. The molecule has 3 atom stereocenters. The zero-order valence-corrected chi connectivity index (χ0v) is 11.7. The summed E-state index contributed by atoms with van der Waals surface area (Å²) < 4.78 is 0. The minimum atomic E-state index is 0.379. The molecule has 0 saturated heterocycles. The zero-order valence-electron chi connectivity index (χ0n) is 11.7. The number of phenols is 1. The number of hydrogen-bond donors (Lipinski definition) is 1. The number of phenolic OH excluding ortho intramolecular Hbond substituents is 1. The van der Waals surface area contributed by atoms with E-state index < -0.39 is 0 Å². The second-order valence-corrected chi connectivity index (χ2v) is 6.14. The number of nitrogens with zero attached hydrogens (tertiary/aromatic N) is 1. The highest BCUT2D eigenvalue weighted by atomic mass is 16.3. The van der Waals surface area contributed by atoms with Crippen LogP contribution >= 0.6 is 0 Å². The monoisotopic (exact) mass is 257 g/mol. The first-order valence-corrected chi connectivity index (χ1v) is 7.57. The quantitative estimate of drug-likeness (QED) is 0.795. The summed E-state index contributed by atoms with van der Waals surface area (Å²) in [6.45, 7) is 1.93. The Morgan fingerprint density at radius 3 is 2.89 bits per heavy atom. The van der Waals surface area contributed by atoms with Gasteiger partial charge in [0, 0.05) is 11.8 Å². The van der Waals surface area contributed by atoms with Gasteiger partial charge in [0.2, 0.25) is 0 Å². The SMILES string of the molecule is Cc1cccc(C=NC2CCC3CCCCC32)c1O. The minimum absolute atomic E-state index is 0.379. The van der Waals surface area contributed by atoms with Crippen molar-refractivity contribution in [1.82, 2.24) is 0 Å². The fourth-order valence-electron chi connectivity index (χ4n) is 3.85. The van der Waals surface area contributed by atoms with Crippen LogP contribution in [-0.2, 0) is 0 Å². The molecule has 2 aliphatic carbocycles. The van der Waals surface area contributed by atoms with Crippen LogP contribution < -0.4 is 0 Å². The predicted molar refractivity (Wildman–Crippen MR) is 78.9 cm³/mol. The van der Waals surface area contributed by atoms with Crippen molar-refractivity contribution in [2.45, 2.75) is 51.5 Å². The molecule has 0 heterocycles. The lowest BCUT2D eigenvalue weighted by Gasteiger charge is -2.27. The van der Waals surface area contributed by atoms with Gasteiger partial charge >= 0.3 is 0 Å². The number of aromatic hydroxyl groups is 1. The molecule has 0 amide bonds. The molecule has 1 N–H and O–H groups in total. The summed E-state index contributed by atoms with van der Waals surface area (Å²) >= 11 is 0. The van der Waals surface area contributed by atoms with Crippen LogP contribution in [0.5, 0.6) is 5.75 Å². The van der Waals surface area contributed by atoms with Crippen LogP contribution in [0.3, 0.4) is 0 Å². The van der Waals surface area contributed by atoms with Crippen LogP contribution in [0.25, 0.3) is 0 Å². The molecule has 0 aliphatic heterocycles. The third-order valence-corrected chi connectivity index (χ3v) is 4.97. The summed E-state index contributed by atoms with van der Waals surface area (Å²) in [5, 5.41) is 10.0. The van der Waals surface area contributed by atoms with E-state index in [1.165, 1.54) is 38.5 Å². The lowest BCUT2D eigenvalue weighted by atomic mass is 9.80. The van der Waals surface area contributed by atoms with Crippen molar-refractivity contribution in [3.8, 4) is 5.75 Å². The van der Waals surface area contributed by atoms with Gasteiger partial charge in [-0.1, -0.05) is 31.4 Å². The van der Waals surface area contributed by atoms with Gasteiger partial charge in [-0.15, -0.1) is 0 Å². The molecule has 0 radical (unpaired) electrons. The Morgan fingerprint density at radius 2 is 2.00 bits per heavy atom. The lowest BCUT2D eigenvalue weighted by Crippen LogP contribution is -2.21. The number of aliphatic imine (C=N–C) groups is 1. The molecule has 2 saturated carbocycles. The highest BCUT2D eigenvalue weighted by Crippen LogP contribution is 2.43. The van der Waals surface area contributed by atoms with Crippen molar-refractivity contribution < 1.29 is 5.11 Å². The molecule has 0 bridgehead atoms. The van der Waals surface area contributed by atoms with E-state index in [1.807, 2.05) is 31.3 Å². The van der Waals surface area contributed by atoms with Gasteiger partial charge in [-0.2, -0.15) is 0 Å². The molecule has 1 aromatic carbocycles. The minimum Gasteiger partial charge on any atom is -0.507 e. The average Bonchev–Trinajstić information content (AvgIpc) is 2.84. The zero-order chi connectivity index (χ0) is 13.2. The number of fused-ring (bicyclic) bond motifs is 1. The lowest BCUT2D eigenvalue weighted by molar-refractivity contribution is 0.261. The number of rotatable bonds is 2. The second kappa shape index (κ2) is 5.36. The third kappa shape index (κ3) is 2.54. The molecule has 1 aromatic rings. The first-order chi connectivity index (χ1) is 9.25. The Labute approximate surface area is 115 Å². The van der Waals surface area contributed by atoms with E-state index in [1.54, 1.807) is 0 Å². The van der Waals surface area contributed by atoms with Gasteiger partial charge in [0.15, 0.2) is 0 Å². The van der Waals surface area contributed by atoms with Crippen LogP contribution in [-0.4, -0.2) is 17.4 Å². The van der Waals surface area contributed by atoms with Crippen LogP contribution in [0.2, 0.25) is 0 Å². The molecule has 3 unspecified atom stereocenters. The molecule has 0 aromatic heterocycles. The summed E-state index contributed by atoms with van der Waals surface area (Å²) in [6, 6.07) is 6.35. The van der Waals surface area contributed by atoms with Gasteiger partial charge in [-0.25, -0.2) is 0 Å². The molecule has 19 heavy (non-hydrogen) atoms. The molecule has 2 fully saturated rings. The van der Waals surface area contributed by atoms with Crippen LogP contribution in [0.15, 0.2) is 23.2 Å². The van der Waals surface area contributed by atoms with E-state index in [0.29, 0.717) is 11.8 Å². The van der Waals surface area contributed by atoms with Crippen molar-refractivity contribution in [2.75, 3.05) is 0 Å². The molecule has 2 heteroatoms. The third-order valence-electron chi connectivity index (χ3n) is 4.97. The van der Waals surface area contributed by atoms with Crippen molar-refractivity contribution >= 4 is 6.21 Å². The van der Waals surface area contributed by atoms with Crippen LogP contribution in [0, 0.1) is 18.8 Å². The van der Waals surface area contributed by atoms with Crippen molar-refractivity contribution in [3.05, 3.63) is 29.3 Å². The van der Waals surface area contributed by atoms with E-state index in [9.17, 15) is 5.11 Å². The average molecular weight is 257 g/mol. The summed E-state index contributed by atoms with van der Waals surface area (Å²) in [5.74, 6) is 2.10. The summed E-state index contributed by atoms with van der Waals surface area (Å²) in [6.07, 6.45) is 10.0. The molecule has 2 aliphatic rings. The Morgan fingerprint density at radius 1 is 1.16 bits per heavy atom. The number of para-hydroxylation sites is 1. The summed E-state index contributed by atoms with van der Waals surface area (Å²) in [5.41, 5.74) is 1.78. The Kier molecular flexibility index (Phi) is 3.58. The first-order valence-electron chi connectivity index (χ1n) is 7.57. The van der Waals surface area contributed by atoms with Gasteiger partial charge in [0.05, 0.1) is 6.04 Å². The maximum atomic E-state index is 10.0. The molecule has 3 rings (SSSR count). The number of hydrogen-bond acceptors (Lipinski definition) is 2. The first kappa shape index (κ1) is 12.7. The largest absolute Gasteiger partial charge is 0.507 e. The van der Waals surface area contributed by atoms with Gasteiger partial charge in [-0.05, 0) is 49.7 Å². The van der Waals surface area contributed by atoms with Crippen molar-refractivity contribution in [3.63, 3.8) is 0 Å². The van der Waals surface area contributed by atoms with Crippen LogP contribution in [0.1, 0.15) is 49.7 Å². The molecular formula is C17H23NO. The Bertz CT molecular complexity index is 480. The summed E-state index contributed by atoms with van der Waals surface area (Å²) in [7, 11) is 0. The van der Waals surface area contributed by atoms with Gasteiger partial charge < -0.3 is 5.11 Å². The van der Waals surface area contributed by atoms with Gasteiger partial charge in [0.25, 0.3) is 0 Å². The normalized spacial score (nSPS) is 30.7. The standard InChI is InChI=1S/C17H23NO/c1-12-5-4-7-14(17(12)19)11-18-16-10-9-13-6-2-3-8-15(13)16/h4-5,7,11,13,15-16,19H,2-3,6,8-10H2,1H3. The van der Waals surface area contributed by atoms with E-state index in [4.69, 9.17) is 4.99 Å². The second-order valence-electron chi connectivity index (χ2n) is 6.14. The number of aryl methyl sites for hydroxylation is 1. The van der Waals surface area contributed by atoms with Gasteiger partial charge in [0.1, 0.15) is 5.75 Å². The molecular weight excluding hydrogens is 234 g/mol. The van der Waals surface area contributed by atoms with Crippen molar-refractivity contribution in [2.24, 2.45) is 16.8 Å². The fourth-order valence-corrected chi connectivity index (χ4v) is 3.85. The van der Waals surface area contributed by atoms with E-state index >= 15 is 0 Å². The number of benzene rings is 1. The topological polar surface area (TPSA) is 32.6 Å². The molecule has 102 valence electrons. The summed E-state index contributed by atoms with van der Waals surface area (Å²) in [4.78, 5) is 4.79. The molecule has 2 nitrogen and oxygen atoms in total. The van der Waals surface area contributed by atoms with Gasteiger partial charge in [-0.3, -0.25) is 4.99 Å². The van der Waals surface area contributed by atoms with E-state index in [0.717, 1.165) is 23.0 Å². The van der Waals surface area contributed by atoms with Crippen molar-refractivity contribution in [1.29, 1.82) is 0 Å². The predicted octanol–water partition coefficient (Wildman–Crippen LogP) is 4.09. The smallest absolute Gasteiger partial charge is 0.127 e. The van der Waals surface area contributed by atoms with E-state index in [-0.39, 0.29) is 0 Å². The highest BCUT2D eigenvalue weighted by molar-refractivity contribution is 5.84. The Hall–Kier alpha value is -1.31. The van der Waals surface area contributed by atoms with Crippen LogP contribution in [0.4, 0.5) is 0 Å².